The van der Waals surface area contributed by atoms with Crippen molar-refractivity contribution in [1.82, 2.24) is 10.3 Å². The van der Waals surface area contributed by atoms with Gasteiger partial charge in [0, 0.05) is 0 Å². The molecule has 7 heteroatoms. The zero-order valence-electron chi connectivity index (χ0n) is 13.9. The van der Waals surface area contributed by atoms with E-state index in [-0.39, 0.29) is 27.9 Å². The van der Waals surface area contributed by atoms with Crippen LogP contribution in [-0.2, 0) is 0 Å². The molecule has 0 saturated carbocycles. The summed E-state index contributed by atoms with van der Waals surface area (Å²) in [5, 5.41) is 4.07. The first kappa shape index (κ1) is 18.8. The van der Waals surface area contributed by atoms with E-state index in [1.165, 1.54) is 5.57 Å². The number of nitrogens with one attached hydrogen (secondary N) is 1. The number of benzene rings is 1. The quantitative estimate of drug-likeness (QED) is 0.722. The van der Waals surface area contributed by atoms with Gasteiger partial charge in [-0.25, -0.2) is 0 Å². The second-order valence-electron chi connectivity index (χ2n) is 6.51. The van der Waals surface area contributed by atoms with Crippen LogP contribution in [0.3, 0.4) is 0 Å². The molecule has 0 fully saturated rings. The van der Waals surface area contributed by atoms with Gasteiger partial charge < -0.3 is 0 Å². The summed E-state index contributed by atoms with van der Waals surface area (Å²) in [7, 11) is 0. The molecule has 2 aliphatic heterocycles. The Kier molecular flexibility index (Phi) is 5.81. The number of nitrogens with zero attached hydrogens (tertiary/aromatic N) is 2. The Bertz CT molecular complexity index is 869. The molecule has 3 heterocycles. The van der Waals surface area contributed by atoms with Gasteiger partial charge in [0.1, 0.15) is 0 Å². The Balaban J connectivity index is 0.00000182. The van der Waals surface area contributed by atoms with Crippen LogP contribution in [0.5, 0.6) is 0 Å². The van der Waals surface area contributed by atoms with Crippen LogP contribution in [0, 0.1) is 5.82 Å². The Morgan fingerprint density at radius 2 is 2.08 bits per heavy atom. The maximum atomic E-state index is 14.7. The van der Waals surface area contributed by atoms with Crippen LogP contribution in [-0.4, -0.2) is 45.8 Å². The molecule has 0 amide bonds. The van der Waals surface area contributed by atoms with Gasteiger partial charge in [-0.15, -0.1) is 12.4 Å². The van der Waals surface area contributed by atoms with Crippen molar-refractivity contribution in [3.8, 4) is 0 Å². The van der Waals surface area contributed by atoms with Gasteiger partial charge in [-0.2, -0.15) is 0 Å². The molecule has 25 heavy (non-hydrogen) atoms. The molecule has 130 valence electrons. The number of aromatic nitrogens is 1. The molecule has 0 saturated heterocycles. The van der Waals surface area contributed by atoms with Crippen LogP contribution in [0.15, 0.2) is 33.3 Å². The Labute approximate surface area is 160 Å². The fourth-order valence-electron chi connectivity index (χ4n) is 3.55. The summed E-state index contributed by atoms with van der Waals surface area (Å²) < 4.78 is 34.4. The van der Waals surface area contributed by atoms with Gasteiger partial charge in [-0.05, 0) is 0 Å². The molecular weight excluding hydrogens is 446 g/mol. The third-order valence-corrected chi connectivity index (χ3v) is 11.8. The van der Waals surface area contributed by atoms with Crippen molar-refractivity contribution in [3.05, 3.63) is 47.4 Å². The van der Waals surface area contributed by atoms with E-state index in [2.05, 4.69) is 24.0 Å². The number of rotatable bonds is 2. The number of pyridine rings is 1. The van der Waals surface area contributed by atoms with E-state index in [9.17, 15) is 8.78 Å². The maximum absolute atomic E-state index is 14.7. The number of fused-ring (bicyclic) bond motifs is 1. The van der Waals surface area contributed by atoms with Crippen molar-refractivity contribution in [1.29, 1.82) is 0 Å². The van der Waals surface area contributed by atoms with E-state index in [4.69, 9.17) is 0 Å². The number of halogens is 3. The average Bonchev–Trinajstić information content (AvgIpc) is 2.94. The van der Waals surface area contributed by atoms with E-state index >= 15 is 0 Å². The molecule has 4 rings (SSSR count). The molecule has 3 nitrogen and oxygen atoms in total. The molecule has 0 radical (unpaired) electrons. The van der Waals surface area contributed by atoms with Crippen LogP contribution in [0.25, 0.3) is 16.5 Å². The van der Waals surface area contributed by atoms with Gasteiger partial charge in [-0.3, -0.25) is 0 Å². The van der Waals surface area contributed by atoms with Gasteiger partial charge >= 0.3 is 148 Å². The molecule has 1 aromatic carbocycles. The molecule has 1 aromatic heterocycles. The van der Waals surface area contributed by atoms with Gasteiger partial charge in [0.15, 0.2) is 0 Å². The SMILES string of the molecule is Cl.[CH3][In]1[N]=C(F)C[CH]1c1ccc2cc(C3=CCNCC3)cc(F)c2n1. The summed E-state index contributed by atoms with van der Waals surface area (Å²) in [6.07, 6.45) is 3.36. The van der Waals surface area contributed by atoms with Crippen LogP contribution in [0.4, 0.5) is 8.78 Å². The van der Waals surface area contributed by atoms with E-state index < -0.39 is 21.7 Å². The Hall–Kier alpha value is -0.980. The fraction of sp³-hybridized carbons (Fsp3) is 0.333. The fourth-order valence-corrected chi connectivity index (χ4v) is 9.10. The van der Waals surface area contributed by atoms with Crippen molar-refractivity contribution in [2.45, 2.75) is 21.2 Å². The molecule has 1 N–H and O–H groups in total. The normalized spacial score (nSPS) is 20.3. The average molecular weight is 466 g/mol. The molecule has 2 aromatic rings. The van der Waals surface area contributed by atoms with Crippen LogP contribution < -0.4 is 5.32 Å². The molecule has 1 unspecified atom stereocenters. The standard InChI is InChI=1S/C17H15F2N3.CH3.ClH.In/c18-15-10-13(11-5-7-21-8-6-11)9-12-1-2-14(22-17(12)15)3-4-16(19)20;;;/h1-3,5,9-10,21H,4,6-8H2;1H3;1H;/q-1;;;+1. The zero-order valence-corrected chi connectivity index (χ0v) is 18.0. The van der Waals surface area contributed by atoms with E-state index in [0.29, 0.717) is 11.9 Å². The van der Waals surface area contributed by atoms with Crippen molar-refractivity contribution in [2.24, 2.45) is 2.98 Å². The van der Waals surface area contributed by atoms with Crippen molar-refractivity contribution in [2.75, 3.05) is 13.1 Å². The third kappa shape index (κ3) is 3.76. The summed E-state index contributed by atoms with van der Waals surface area (Å²) in [6, 6.07) is 7.43. The van der Waals surface area contributed by atoms with Gasteiger partial charge in [0.05, 0.1) is 0 Å². The number of hydrogen-bond donors (Lipinski definition) is 1. The zero-order chi connectivity index (χ0) is 16.7. The van der Waals surface area contributed by atoms with Gasteiger partial charge in [0.25, 0.3) is 0 Å². The summed E-state index contributed by atoms with van der Waals surface area (Å²) in [5.41, 5.74) is 3.29. The van der Waals surface area contributed by atoms with Gasteiger partial charge in [-0.1, -0.05) is 0 Å². The molecule has 1 atom stereocenters. The Morgan fingerprint density at radius 1 is 1.24 bits per heavy atom. The molecule has 0 spiro atoms. The minimum atomic E-state index is -2.29. The summed E-state index contributed by atoms with van der Waals surface area (Å²) in [5.74, 6) is -0.551. The molecule has 0 bridgehead atoms. The van der Waals surface area contributed by atoms with Gasteiger partial charge in [0.2, 0.25) is 0 Å². The molecule has 0 aliphatic carbocycles. The van der Waals surface area contributed by atoms with E-state index in [0.717, 1.165) is 36.2 Å². The minimum absolute atomic E-state index is 0. The van der Waals surface area contributed by atoms with Crippen molar-refractivity contribution in [3.63, 3.8) is 0 Å². The molecule has 2 aliphatic rings. The number of hydrogen-bond acceptors (Lipinski definition) is 3. The first-order valence-electron chi connectivity index (χ1n) is 8.34. The summed E-state index contributed by atoms with van der Waals surface area (Å²) >= 11 is -2.29. The van der Waals surface area contributed by atoms with E-state index in [1.54, 1.807) is 6.07 Å². The first-order chi connectivity index (χ1) is 11.6. The third-order valence-electron chi connectivity index (χ3n) is 4.90. The van der Waals surface area contributed by atoms with E-state index in [1.807, 2.05) is 18.2 Å². The topological polar surface area (TPSA) is 37.3 Å². The van der Waals surface area contributed by atoms with Crippen molar-refractivity contribution >= 4 is 56.6 Å². The van der Waals surface area contributed by atoms with Crippen LogP contribution in [0.1, 0.15) is 27.8 Å². The summed E-state index contributed by atoms with van der Waals surface area (Å²) in [4.78, 5) is 4.53. The van der Waals surface area contributed by atoms with Crippen LogP contribution >= 0.6 is 12.4 Å². The molecular formula is C18H19ClF2InN3. The predicted molar refractivity (Wildman–Crippen MR) is 102 cm³/mol. The summed E-state index contributed by atoms with van der Waals surface area (Å²) in [6.45, 7) is 1.74. The second-order valence-corrected chi connectivity index (χ2v) is 13.8. The second kappa shape index (κ2) is 7.72. The monoisotopic (exact) mass is 465 g/mol. The first-order valence-corrected chi connectivity index (χ1v) is 15.0. The predicted octanol–water partition coefficient (Wildman–Crippen LogP) is 4.19. The van der Waals surface area contributed by atoms with Crippen molar-refractivity contribution < 1.29 is 8.78 Å². The van der Waals surface area contributed by atoms with Crippen LogP contribution in [0.2, 0.25) is 4.68 Å². The Morgan fingerprint density at radius 3 is 2.76 bits per heavy atom.